The van der Waals surface area contributed by atoms with E-state index in [9.17, 15) is 9.00 Å². The summed E-state index contributed by atoms with van der Waals surface area (Å²) in [7, 11) is -0.780. The van der Waals surface area contributed by atoms with Gasteiger partial charge in [0.1, 0.15) is 0 Å². The number of carbonyl (C=O) groups excluding carboxylic acids is 1. The Bertz CT molecular complexity index is 370. The summed E-state index contributed by atoms with van der Waals surface area (Å²) >= 11 is 0. The van der Waals surface area contributed by atoms with Crippen LogP contribution >= 0.6 is 0 Å². The summed E-state index contributed by atoms with van der Waals surface area (Å²) in [5, 5.41) is 0. The van der Waals surface area contributed by atoms with E-state index in [4.69, 9.17) is 0 Å². The molecule has 1 amide bonds. The molecule has 17 heavy (non-hydrogen) atoms. The number of fused-ring (bicyclic) bond motifs is 1. The average Bonchev–Trinajstić information content (AvgIpc) is 2.74. The van der Waals surface area contributed by atoms with Crippen molar-refractivity contribution in [1.82, 2.24) is 4.90 Å². The van der Waals surface area contributed by atoms with Gasteiger partial charge in [0.15, 0.2) is 0 Å². The maximum atomic E-state index is 12.4. The molecule has 3 fully saturated rings. The lowest BCUT2D eigenvalue weighted by Crippen LogP contribution is -2.52. The van der Waals surface area contributed by atoms with Crippen molar-refractivity contribution in [3.8, 4) is 0 Å². The number of amides is 1. The van der Waals surface area contributed by atoms with Crippen molar-refractivity contribution in [3.63, 3.8) is 0 Å². The Balaban J connectivity index is 1.66. The third-order valence-electron chi connectivity index (χ3n) is 4.74. The quantitative estimate of drug-likeness (QED) is 0.710. The van der Waals surface area contributed by atoms with Crippen molar-refractivity contribution >= 4 is 16.7 Å². The Labute approximate surface area is 105 Å². The molecule has 0 spiro atoms. The fourth-order valence-corrected chi connectivity index (χ4v) is 4.91. The topological polar surface area (TPSA) is 37.4 Å². The van der Waals surface area contributed by atoms with E-state index in [1.807, 2.05) is 18.7 Å². The monoisotopic (exact) mass is 255 g/mol. The van der Waals surface area contributed by atoms with Crippen LogP contribution in [0.25, 0.3) is 0 Å². The highest BCUT2D eigenvalue weighted by molar-refractivity contribution is 7.86. The molecule has 1 heterocycles. The molecule has 1 saturated heterocycles. The van der Waals surface area contributed by atoms with Crippen LogP contribution < -0.4 is 0 Å². The second-order valence-electron chi connectivity index (χ2n) is 6.35. The largest absolute Gasteiger partial charge is 0.340 e. The molecule has 1 aliphatic heterocycles. The first-order chi connectivity index (χ1) is 8.00. The van der Waals surface area contributed by atoms with E-state index in [1.54, 1.807) is 0 Å². The summed E-state index contributed by atoms with van der Waals surface area (Å²) in [6, 6.07) is 0. The summed E-state index contributed by atoms with van der Waals surface area (Å²) in [5.41, 5.74) is 0. The lowest BCUT2D eigenvalue weighted by Gasteiger charge is -2.37. The van der Waals surface area contributed by atoms with Crippen LogP contribution in [0.4, 0.5) is 0 Å². The summed E-state index contributed by atoms with van der Waals surface area (Å²) < 4.78 is 11.6. The van der Waals surface area contributed by atoms with Gasteiger partial charge in [0.2, 0.25) is 5.91 Å². The first-order valence-corrected chi connectivity index (χ1v) is 8.00. The van der Waals surface area contributed by atoms with Gasteiger partial charge in [-0.2, -0.15) is 0 Å². The molecule has 3 aliphatic rings. The number of rotatable bonds is 1. The first-order valence-electron chi connectivity index (χ1n) is 6.68. The minimum atomic E-state index is -0.780. The number of hydrogen-bond acceptors (Lipinski definition) is 2. The molecular formula is C13H21NO2S. The van der Waals surface area contributed by atoms with Crippen LogP contribution in [-0.2, 0) is 15.6 Å². The van der Waals surface area contributed by atoms with Gasteiger partial charge < -0.3 is 4.90 Å². The lowest BCUT2D eigenvalue weighted by molar-refractivity contribution is -0.133. The summed E-state index contributed by atoms with van der Waals surface area (Å²) in [6.45, 7) is 5.39. The van der Waals surface area contributed by atoms with Gasteiger partial charge in [-0.3, -0.25) is 9.00 Å². The Morgan fingerprint density at radius 2 is 1.94 bits per heavy atom. The van der Waals surface area contributed by atoms with Crippen LogP contribution in [0.1, 0.15) is 33.1 Å². The summed E-state index contributed by atoms with van der Waals surface area (Å²) in [5.74, 6) is 2.72. The highest BCUT2D eigenvalue weighted by Crippen LogP contribution is 2.58. The summed E-state index contributed by atoms with van der Waals surface area (Å²) in [4.78, 5) is 14.4. The lowest BCUT2D eigenvalue weighted by atomic mass is 10.1. The number of nitrogens with zero attached hydrogens (tertiary/aromatic N) is 1. The minimum Gasteiger partial charge on any atom is -0.340 e. The molecule has 3 nitrogen and oxygen atoms in total. The van der Waals surface area contributed by atoms with Crippen molar-refractivity contribution in [3.05, 3.63) is 0 Å². The van der Waals surface area contributed by atoms with Gasteiger partial charge in [-0.05, 0) is 38.5 Å². The minimum absolute atomic E-state index is 0.224. The molecule has 0 aromatic rings. The van der Waals surface area contributed by atoms with E-state index in [0.717, 1.165) is 0 Å². The predicted molar refractivity (Wildman–Crippen MR) is 68.0 cm³/mol. The van der Waals surface area contributed by atoms with Crippen molar-refractivity contribution in [2.75, 3.05) is 18.8 Å². The number of carbonyl (C=O) groups is 1. The van der Waals surface area contributed by atoms with E-state index in [0.29, 0.717) is 42.5 Å². The van der Waals surface area contributed by atoms with E-state index < -0.39 is 10.8 Å². The summed E-state index contributed by atoms with van der Waals surface area (Å²) in [6.07, 6.45) is 3.82. The van der Waals surface area contributed by atoms with Crippen molar-refractivity contribution in [1.29, 1.82) is 0 Å². The Morgan fingerprint density at radius 3 is 2.53 bits per heavy atom. The molecule has 0 aromatic carbocycles. The van der Waals surface area contributed by atoms with E-state index in [2.05, 4.69) is 0 Å². The first kappa shape index (κ1) is 11.7. The zero-order valence-electron chi connectivity index (χ0n) is 10.6. The third kappa shape index (κ3) is 1.85. The molecule has 3 atom stereocenters. The van der Waals surface area contributed by atoms with Crippen molar-refractivity contribution in [2.45, 2.75) is 37.9 Å². The Hall–Kier alpha value is -0.380. The molecule has 4 heteroatoms. The molecular weight excluding hydrogens is 234 g/mol. The van der Waals surface area contributed by atoms with Gasteiger partial charge in [0.05, 0.1) is 4.75 Å². The highest BCUT2D eigenvalue weighted by atomic mass is 32.2. The van der Waals surface area contributed by atoms with E-state index >= 15 is 0 Å². The van der Waals surface area contributed by atoms with Crippen LogP contribution in [0.3, 0.4) is 0 Å². The Morgan fingerprint density at radius 1 is 1.29 bits per heavy atom. The molecule has 0 N–H and O–H groups in total. The zero-order chi connectivity index (χ0) is 12.2. The fourth-order valence-electron chi connectivity index (χ4n) is 3.67. The number of hydrogen-bond donors (Lipinski definition) is 0. The Kier molecular flexibility index (Phi) is 2.62. The normalized spacial score (nSPS) is 43.3. The van der Waals surface area contributed by atoms with Gasteiger partial charge in [0.25, 0.3) is 0 Å². The molecule has 2 aliphatic carbocycles. The maximum Gasteiger partial charge on any atom is 0.226 e. The van der Waals surface area contributed by atoms with Gasteiger partial charge in [-0.25, -0.2) is 0 Å². The smallest absolute Gasteiger partial charge is 0.226 e. The predicted octanol–water partition coefficient (Wildman–Crippen LogP) is 1.40. The van der Waals surface area contributed by atoms with Crippen LogP contribution in [0.15, 0.2) is 0 Å². The van der Waals surface area contributed by atoms with E-state index in [-0.39, 0.29) is 4.75 Å². The van der Waals surface area contributed by atoms with E-state index in [1.165, 1.54) is 19.3 Å². The zero-order valence-corrected chi connectivity index (χ0v) is 11.5. The van der Waals surface area contributed by atoms with Gasteiger partial charge >= 0.3 is 0 Å². The van der Waals surface area contributed by atoms with Crippen molar-refractivity contribution in [2.24, 2.45) is 17.8 Å². The van der Waals surface area contributed by atoms with Crippen LogP contribution in [0.5, 0.6) is 0 Å². The van der Waals surface area contributed by atoms with Crippen LogP contribution in [-0.4, -0.2) is 38.6 Å². The highest BCUT2D eigenvalue weighted by Gasteiger charge is 2.58. The molecule has 2 saturated carbocycles. The third-order valence-corrected chi connectivity index (χ3v) is 6.65. The molecule has 96 valence electrons. The second kappa shape index (κ2) is 3.81. The van der Waals surface area contributed by atoms with Crippen LogP contribution in [0, 0.1) is 17.8 Å². The van der Waals surface area contributed by atoms with Crippen LogP contribution in [0.2, 0.25) is 0 Å². The molecule has 3 rings (SSSR count). The average molecular weight is 255 g/mol. The molecule has 0 radical (unpaired) electrons. The molecule has 0 aromatic heterocycles. The van der Waals surface area contributed by atoms with Gasteiger partial charge in [0, 0.05) is 35.6 Å². The fraction of sp³-hybridized carbons (Fsp3) is 0.923. The van der Waals surface area contributed by atoms with Gasteiger partial charge in [-0.1, -0.05) is 6.42 Å². The second-order valence-corrected chi connectivity index (χ2v) is 8.56. The van der Waals surface area contributed by atoms with Crippen molar-refractivity contribution < 1.29 is 9.00 Å². The molecule has 0 bridgehead atoms. The van der Waals surface area contributed by atoms with Gasteiger partial charge in [-0.15, -0.1) is 0 Å². The maximum absolute atomic E-state index is 12.4. The standard InChI is InChI=1S/C13H21NO2S/c1-13(2)8-14(6-7-17(13)16)12(15)11-9-4-3-5-10(9)11/h9-11H,3-8H2,1-2H3. The SMILES string of the molecule is CC1(C)CN(C(=O)C2C3CCCC32)CCS1=O. The molecule has 3 unspecified atom stereocenters.